The largest absolute Gasteiger partial charge is 0.343 e. The number of piperidine rings is 1. The fraction of sp³-hybridized carbons (Fsp3) is 0.429. The molecule has 1 unspecified atom stereocenters. The van der Waals surface area contributed by atoms with E-state index in [1.807, 2.05) is 18.2 Å². The summed E-state index contributed by atoms with van der Waals surface area (Å²) in [6.07, 6.45) is 3.65. The molecule has 4 heteroatoms. The first-order valence-electron chi connectivity index (χ1n) is 9.17. The fourth-order valence-corrected chi connectivity index (χ4v) is 3.41. The third kappa shape index (κ3) is 4.45. The van der Waals surface area contributed by atoms with E-state index in [-0.39, 0.29) is 17.9 Å². The van der Waals surface area contributed by atoms with Crippen LogP contribution in [0, 0.1) is 12.8 Å². The number of likely N-dealkylation sites (tertiary alicyclic amines) is 1. The zero-order valence-electron chi connectivity index (χ0n) is 15.1. The molecule has 132 valence electrons. The fourth-order valence-electron chi connectivity index (χ4n) is 3.41. The van der Waals surface area contributed by atoms with Crippen molar-refractivity contribution in [2.75, 3.05) is 19.6 Å². The van der Waals surface area contributed by atoms with Crippen LogP contribution >= 0.6 is 0 Å². The van der Waals surface area contributed by atoms with Gasteiger partial charge in [-0.05, 0) is 57.1 Å². The molecule has 1 atom stereocenters. The smallest absolute Gasteiger partial charge is 0.224 e. The van der Waals surface area contributed by atoms with Gasteiger partial charge < -0.3 is 10.2 Å². The van der Waals surface area contributed by atoms with Gasteiger partial charge in [0.05, 0.1) is 11.7 Å². The molecule has 25 heavy (non-hydrogen) atoms. The maximum atomic E-state index is 12.9. The highest BCUT2D eigenvalue weighted by Crippen LogP contribution is 2.23. The summed E-state index contributed by atoms with van der Waals surface area (Å²) >= 11 is 0. The van der Waals surface area contributed by atoms with E-state index in [4.69, 9.17) is 0 Å². The lowest BCUT2D eigenvalue weighted by Crippen LogP contribution is -2.41. The van der Waals surface area contributed by atoms with Crippen molar-refractivity contribution in [2.24, 2.45) is 5.92 Å². The Morgan fingerprint density at radius 2 is 1.92 bits per heavy atom. The summed E-state index contributed by atoms with van der Waals surface area (Å²) in [5.41, 5.74) is 3.16. The molecule has 1 aliphatic heterocycles. The van der Waals surface area contributed by atoms with Crippen LogP contribution in [0.15, 0.2) is 48.7 Å². The van der Waals surface area contributed by atoms with Gasteiger partial charge in [0.2, 0.25) is 5.91 Å². The number of carbonyl (C=O) groups is 1. The Morgan fingerprint density at radius 1 is 1.20 bits per heavy atom. The number of pyridine rings is 1. The molecule has 0 spiro atoms. The molecule has 0 radical (unpaired) electrons. The van der Waals surface area contributed by atoms with Gasteiger partial charge in [-0.2, -0.15) is 0 Å². The van der Waals surface area contributed by atoms with Crippen molar-refractivity contribution >= 4 is 5.91 Å². The topological polar surface area (TPSA) is 45.2 Å². The van der Waals surface area contributed by atoms with Gasteiger partial charge >= 0.3 is 0 Å². The van der Waals surface area contributed by atoms with E-state index in [0.29, 0.717) is 0 Å². The average molecular weight is 337 g/mol. The molecule has 1 aliphatic rings. The Bertz CT molecular complexity index is 676. The number of nitrogens with one attached hydrogen (secondary N) is 1. The van der Waals surface area contributed by atoms with Crippen LogP contribution < -0.4 is 5.32 Å². The highest BCUT2D eigenvalue weighted by Gasteiger charge is 2.27. The van der Waals surface area contributed by atoms with Crippen LogP contribution in [0.3, 0.4) is 0 Å². The lowest BCUT2D eigenvalue weighted by atomic mass is 9.94. The number of hydrogen-bond acceptors (Lipinski definition) is 3. The van der Waals surface area contributed by atoms with E-state index >= 15 is 0 Å². The highest BCUT2D eigenvalue weighted by molar-refractivity contribution is 5.79. The van der Waals surface area contributed by atoms with E-state index in [2.05, 4.69) is 53.3 Å². The molecule has 2 aromatic rings. The van der Waals surface area contributed by atoms with Crippen molar-refractivity contribution in [3.05, 3.63) is 65.5 Å². The van der Waals surface area contributed by atoms with Gasteiger partial charge in [-0.1, -0.05) is 42.8 Å². The Labute approximate surface area is 150 Å². The maximum Gasteiger partial charge on any atom is 0.224 e. The number of rotatable bonds is 5. The molecular formula is C21H27N3O. The first-order chi connectivity index (χ1) is 12.2. The van der Waals surface area contributed by atoms with Gasteiger partial charge in [-0.3, -0.25) is 9.78 Å². The van der Waals surface area contributed by atoms with Crippen LogP contribution in [0.2, 0.25) is 0 Å². The van der Waals surface area contributed by atoms with Crippen LogP contribution in [-0.2, 0) is 4.79 Å². The summed E-state index contributed by atoms with van der Waals surface area (Å²) in [5.74, 6) is 0.242. The lowest BCUT2D eigenvalue weighted by Gasteiger charge is -2.31. The van der Waals surface area contributed by atoms with Crippen molar-refractivity contribution in [3.63, 3.8) is 0 Å². The zero-order valence-corrected chi connectivity index (χ0v) is 15.1. The van der Waals surface area contributed by atoms with Crippen molar-refractivity contribution in [1.82, 2.24) is 15.2 Å². The Hall–Kier alpha value is -2.20. The number of hydrogen-bond donors (Lipinski definition) is 1. The van der Waals surface area contributed by atoms with Gasteiger partial charge in [0, 0.05) is 12.1 Å². The summed E-state index contributed by atoms with van der Waals surface area (Å²) in [7, 11) is 0. The van der Waals surface area contributed by atoms with Gasteiger partial charge in [-0.25, -0.2) is 0 Å². The van der Waals surface area contributed by atoms with E-state index in [1.165, 1.54) is 5.56 Å². The lowest BCUT2D eigenvalue weighted by molar-refractivity contribution is -0.127. The van der Waals surface area contributed by atoms with Crippen molar-refractivity contribution in [1.29, 1.82) is 0 Å². The van der Waals surface area contributed by atoms with Crippen LogP contribution in [0.25, 0.3) is 0 Å². The predicted molar refractivity (Wildman–Crippen MR) is 100 cm³/mol. The Balaban J connectivity index is 1.76. The first kappa shape index (κ1) is 17.6. The van der Waals surface area contributed by atoms with Crippen molar-refractivity contribution in [2.45, 2.75) is 32.7 Å². The molecule has 1 N–H and O–H groups in total. The van der Waals surface area contributed by atoms with E-state index < -0.39 is 0 Å². The second kappa shape index (κ2) is 8.26. The molecule has 0 bridgehead atoms. The van der Waals surface area contributed by atoms with Crippen LogP contribution in [0.1, 0.15) is 42.6 Å². The molecule has 1 aromatic carbocycles. The number of amides is 1. The third-order valence-electron chi connectivity index (χ3n) is 5.09. The molecule has 1 aromatic heterocycles. The number of aromatic nitrogens is 1. The Morgan fingerprint density at radius 3 is 2.52 bits per heavy atom. The maximum absolute atomic E-state index is 12.9. The summed E-state index contributed by atoms with van der Waals surface area (Å²) in [6, 6.07) is 14.0. The summed E-state index contributed by atoms with van der Waals surface area (Å²) in [6.45, 7) is 7.32. The third-order valence-corrected chi connectivity index (χ3v) is 5.09. The van der Waals surface area contributed by atoms with Gasteiger partial charge in [0.15, 0.2) is 0 Å². The zero-order chi connectivity index (χ0) is 17.6. The molecule has 4 nitrogen and oxygen atoms in total. The first-order valence-corrected chi connectivity index (χ1v) is 9.17. The van der Waals surface area contributed by atoms with Crippen molar-refractivity contribution < 1.29 is 4.79 Å². The number of aryl methyl sites for hydroxylation is 1. The minimum Gasteiger partial charge on any atom is -0.343 e. The van der Waals surface area contributed by atoms with Crippen LogP contribution in [-0.4, -0.2) is 35.4 Å². The van der Waals surface area contributed by atoms with Crippen LogP contribution in [0.5, 0.6) is 0 Å². The summed E-state index contributed by atoms with van der Waals surface area (Å²) in [4.78, 5) is 19.7. The van der Waals surface area contributed by atoms with Gasteiger partial charge in [0.25, 0.3) is 0 Å². The molecule has 2 heterocycles. The monoisotopic (exact) mass is 337 g/mol. The molecule has 0 saturated carbocycles. The minimum absolute atomic E-state index is 0.0967. The molecule has 1 fully saturated rings. The standard InChI is InChI=1S/C21H27N3O/c1-3-24-14-11-18(12-15-24)21(25)23-20(19-6-4-5-13-22-19)17-9-7-16(2)8-10-17/h4-10,13,18,20H,3,11-12,14-15H2,1-2H3,(H,23,25). The molecule has 1 amide bonds. The van der Waals surface area contributed by atoms with Crippen molar-refractivity contribution in [3.8, 4) is 0 Å². The normalized spacial score (nSPS) is 17.2. The summed E-state index contributed by atoms with van der Waals surface area (Å²) < 4.78 is 0. The number of benzene rings is 1. The van der Waals surface area contributed by atoms with Crippen LogP contribution in [0.4, 0.5) is 0 Å². The van der Waals surface area contributed by atoms with E-state index in [9.17, 15) is 4.79 Å². The Kier molecular flexibility index (Phi) is 5.82. The molecule has 1 saturated heterocycles. The SMILES string of the molecule is CCN1CCC(C(=O)NC(c2ccc(C)cc2)c2ccccn2)CC1. The van der Waals surface area contributed by atoms with E-state index in [1.54, 1.807) is 6.20 Å². The second-order valence-corrected chi connectivity index (χ2v) is 6.82. The predicted octanol–water partition coefficient (Wildman–Crippen LogP) is 3.33. The second-order valence-electron chi connectivity index (χ2n) is 6.82. The van der Waals surface area contributed by atoms with E-state index in [0.717, 1.165) is 43.7 Å². The number of nitrogens with zero attached hydrogens (tertiary/aromatic N) is 2. The average Bonchev–Trinajstić information content (AvgIpc) is 2.67. The summed E-state index contributed by atoms with van der Waals surface area (Å²) in [5, 5.41) is 3.25. The highest BCUT2D eigenvalue weighted by atomic mass is 16.2. The quantitative estimate of drug-likeness (QED) is 0.910. The number of carbonyl (C=O) groups excluding carboxylic acids is 1. The van der Waals surface area contributed by atoms with Gasteiger partial charge in [-0.15, -0.1) is 0 Å². The van der Waals surface area contributed by atoms with Gasteiger partial charge in [0.1, 0.15) is 0 Å². The molecular weight excluding hydrogens is 310 g/mol. The minimum atomic E-state index is -0.196. The molecule has 3 rings (SSSR count). The molecule has 0 aliphatic carbocycles.